The highest BCUT2D eigenvalue weighted by Gasteiger charge is 2.20. The van der Waals surface area contributed by atoms with Crippen LogP contribution in [0.25, 0.3) is 0 Å². The first-order chi connectivity index (χ1) is 9.76. The van der Waals surface area contributed by atoms with Gasteiger partial charge in [-0.05, 0) is 12.1 Å². The van der Waals surface area contributed by atoms with Crippen molar-refractivity contribution in [3.8, 4) is 11.5 Å². The van der Waals surface area contributed by atoms with Gasteiger partial charge in [0, 0.05) is 35.5 Å². The van der Waals surface area contributed by atoms with Crippen LogP contribution in [0.5, 0.6) is 11.5 Å². The summed E-state index contributed by atoms with van der Waals surface area (Å²) in [5.41, 5.74) is 8.72. The summed E-state index contributed by atoms with van der Waals surface area (Å²) < 4.78 is 10.9. The van der Waals surface area contributed by atoms with Crippen LogP contribution >= 0.6 is 0 Å². The molecule has 0 spiro atoms. The second kappa shape index (κ2) is 5.33. The molecule has 1 aliphatic heterocycles. The fraction of sp³-hybridized carbons (Fsp3) is 0.250. The maximum atomic E-state index is 5.89. The Labute approximate surface area is 118 Å². The van der Waals surface area contributed by atoms with Crippen LogP contribution in [0, 0.1) is 0 Å². The number of methoxy groups -OCH3 is 1. The van der Waals surface area contributed by atoms with Crippen LogP contribution in [0.4, 0.5) is 11.4 Å². The number of rotatable bonds is 3. The Kier molecular flexibility index (Phi) is 3.37. The smallest absolute Gasteiger partial charge is 0.124 e. The lowest BCUT2D eigenvalue weighted by Gasteiger charge is -2.27. The lowest BCUT2D eigenvalue weighted by Crippen LogP contribution is -2.20. The summed E-state index contributed by atoms with van der Waals surface area (Å²) in [6.07, 6.45) is 0.925. The highest BCUT2D eigenvalue weighted by molar-refractivity contribution is 5.60. The maximum Gasteiger partial charge on any atom is 0.124 e. The standard InChI is InChI=1S/C16H18N2O2/c1-19-13-9-11(17)8-12(10-13)18-15-6-7-20-16-5-3-2-4-14(15)16/h2-5,8-10,15,18H,6-7,17H2,1H3. The SMILES string of the molecule is COc1cc(N)cc(NC2CCOc3ccccc32)c1. The third-order valence-electron chi connectivity index (χ3n) is 3.46. The summed E-state index contributed by atoms with van der Waals surface area (Å²) in [7, 11) is 1.64. The molecule has 1 aliphatic rings. The van der Waals surface area contributed by atoms with Crippen molar-refractivity contribution in [2.75, 3.05) is 24.8 Å². The fourth-order valence-electron chi connectivity index (χ4n) is 2.52. The van der Waals surface area contributed by atoms with Crippen LogP contribution in [0.15, 0.2) is 42.5 Å². The highest BCUT2D eigenvalue weighted by Crippen LogP contribution is 2.35. The Hall–Kier alpha value is -2.36. The van der Waals surface area contributed by atoms with Crippen molar-refractivity contribution in [1.29, 1.82) is 0 Å². The van der Waals surface area contributed by atoms with Crippen LogP contribution in [-0.4, -0.2) is 13.7 Å². The minimum absolute atomic E-state index is 0.228. The monoisotopic (exact) mass is 270 g/mol. The summed E-state index contributed by atoms with van der Waals surface area (Å²) in [6.45, 7) is 0.716. The van der Waals surface area contributed by atoms with E-state index in [4.69, 9.17) is 15.2 Å². The Morgan fingerprint density at radius 1 is 1.25 bits per heavy atom. The largest absolute Gasteiger partial charge is 0.497 e. The van der Waals surface area contributed by atoms with Crippen LogP contribution < -0.4 is 20.5 Å². The maximum absolute atomic E-state index is 5.89. The van der Waals surface area contributed by atoms with Gasteiger partial charge in [0.25, 0.3) is 0 Å². The number of fused-ring (bicyclic) bond motifs is 1. The zero-order valence-corrected chi connectivity index (χ0v) is 11.4. The third kappa shape index (κ3) is 2.50. The summed E-state index contributed by atoms with van der Waals surface area (Å²) >= 11 is 0. The average molecular weight is 270 g/mol. The van der Waals surface area contributed by atoms with Gasteiger partial charge in [0.2, 0.25) is 0 Å². The van der Waals surface area contributed by atoms with Crippen molar-refractivity contribution < 1.29 is 9.47 Å². The van der Waals surface area contributed by atoms with Crippen LogP contribution in [0.3, 0.4) is 0 Å². The molecule has 0 aromatic heterocycles. The van der Waals surface area contributed by atoms with Crippen molar-refractivity contribution in [2.45, 2.75) is 12.5 Å². The minimum atomic E-state index is 0.228. The molecular weight excluding hydrogens is 252 g/mol. The number of para-hydroxylation sites is 1. The number of nitrogens with two attached hydrogens (primary N) is 1. The van der Waals surface area contributed by atoms with E-state index in [0.29, 0.717) is 12.3 Å². The summed E-state index contributed by atoms with van der Waals surface area (Å²) in [5.74, 6) is 1.71. The summed E-state index contributed by atoms with van der Waals surface area (Å²) in [4.78, 5) is 0. The summed E-state index contributed by atoms with van der Waals surface area (Å²) in [5, 5.41) is 3.51. The Morgan fingerprint density at radius 2 is 2.10 bits per heavy atom. The molecule has 0 radical (unpaired) electrons. The van der Waals surface area contributed by atoms with E-state index in [0.717, 1.165) is 23.6 Å². The molecule has 20 heavy (non-hydrogen) atoms. The second-order valence-corrected chi connectivity index (χ2v) is 4.87. The Balaban J connectivity index is 1.87. The number of hydrogen-bond donors (Lipinski definition) is 2. The number of ether oxygens (including phenoxy) is 2. The first-order valence-corrected chi connectivity index (χ1v) is 6.69. The lowest BCUT2D eigenvalue weighted by atomic mass is 10.0. The lowest BCUT2D eigenvalue weighted by molar-refractivity contribution is 0.274. The molecule has 0 saturated carbocycles. The molecule has 0 aliphatic carbocycles. The van der Waals surface area contributed by atoms with Gasteiger partial charge in [0.05, 0.1) is 19.8 Å². The van der Waals surface area contributed by atoms with Crippen molar-refractivity contribution >= 4 is 11.4 Å². The van der Waals surface area contributed by atoms with Crippen LogP contribution in [0.1, 0.15) is 18.0 Å². The molecule has 3 N–H and O–H groups in total. The van der Waals surface area contributed by atoms with E-state index in [1.54, 1.807) is 7.11 Å². The zero-order valence-electron chi connectivity index (χ0n) is 11.4. The van der Waals surface area contributed by atoms with Gasteiger partial charge in [-0.15, -0.1) is 0 Å². The Morgan fingerprint density at radius 3 is 2.95 bits per heavy atom. The van der Waals surface area contributed by atoms with Gasteiger partial charge in [-0.2, -0.15) is 0 Å². The molecule has 1 heterocycles. The van der Waals surface area contributed by atoms with Gasteiger partial charge in [0.1, 0.15) is 11.5 Å². The van der Waals surface area contributed by atoms with Crippen molar-refractivity contribution in [1.82, 2.24) is 0 Å². The predicted molar refractivity (Wildman–Crippen MR) is 80.3 cm³/mol. The van der Waals surface area contributed by atoms with E-state index >= 15 is 0 Å². The predicted octanol–water partition coefficient (Wildman–Crippen LogP) is 3.21. The molecule has 1 atom stereocenters. The summed E-state index contributed by atoms with van der Waals surface area (Å²) in [6, 6.07) is 14.0. The van der Waals surface area contributed by atoms with Crippen molar-refractivity contribution in [3.63, 3.8) is 0 Å². The molecular formula is C16H18N2O2. The molecule has 3 rings (SSSR count). The van der Waals surface area contributed by atoms with E-state index in [9.17, 15) is 0 Å². The first-order valence-electron chi connectivity index (χ1n) is 6.69. The molecule has 2 aromatic carbocycles. The van der Waals surface area contributed by atoms with E-state index in [1.807, 2.05) is 36.4 Å². The molecule has 0 saturated heterocycles. The highest BCUT2D eigenvalue weighted by atomic mass is 16.5. The van der Waals surface area contributed by atoms with Crippen LogP contribution in [0.2, 0.25) is 0 Å². The first kappa shape index (κ1) is 12.7. The van der Waals surface area contributed by atoms with Gasteiger partial charge in [0.15, 0.2) is 0 Å². The molecule has 1 unspecified atom stereocenters. The fourth-order valence-corrected chi connectivity index (χ4v) is 2.52. The van der Waals surface area contributed by atoms with Gasteiger partial charge < -0.3 is 20.5 Å². The quantitative estimate of drug-likeness (QED) is 0.841. The molecule has 4 nitrogen and oxygen atoms in total. The average Bonchev–Trinajstić information content (AvgIpc) is 2.47. The molecule has 0 bridgehead atoms. The van der Waals surface area contributed by atoms with Crippen molar-refractivity contribution in [2.24, 2.45) is 0 Å². The van der Waals surface area contributed by atoms with E-state index < -0.39 is 0 Å². The van der Waals surface area contributed by atoms with Gasteiger partial charge in [-0.25, -0.2) is 0 Å². The molecule has 0 amide bonds. The topological polar surface area (TPSA) is 56.5 Å². The second-order valence-electron chi connectivity index (χ2n) is 4.87. The number of benzene rings is 2. The number of anilines is 2. The minimum Gasteiger partial charge on any atom is -0.497 e. The van der Waals surface area contributed by atoms with E-state index in [2.05, 4.69) is 11.4 Å². The number of hydrogen-bond acceptors (Lipinski definition) is 4. The normalized spacial score (nSPS) is 16.9. The Bertz CT molecular complexity index is 613. The molecule has 2 aromatic rings. The number of nitrogens with one attached hydrogen (secondary N) is 1. The molecule has 0 fully saturated rings. The number of nitrogen functional groups attached to an aromatic ring is 1. The molecule has 104 valence electrons. The van der Waals surface area contributed by atoms with Gasteiger partial charge >= 0.3 is 0 Å². The third-order valence-corrected chi connectivity index (χ3v) is 3.46. The van der Waals surface area contributed by atoms with E-state index in [-0.39, 0.29) is 6.04 Å². The zero-order chi connectivity index (χ0) is 13.9. The van der Waals surface area contributed by atoms with Crippen molar-refractivity contribution in [3.05, 3.63) is 48.0 Å². The van der Waals surface area contributed by atoms with Gasteiger partial charge in [-0.1, -0.05) is 18.2 Å². The van der Waals surface area contributed by atoms with E-state index in [1.165, 1.54) is 5.56 Å². The van der Waals surface area contributed by atoms with Crippen LogP contribution in [-0.2, 0) is 0 Å². The molecule has 4 heteroatoms. The van der Waals surface area contributed by atoms with Gasteiger partial charge in [-0.3, -0.25) is 0 Å².